The summed E-state index contributed by atoms with van der Waals surface area (Å²) < 4.78 is 35.8. The molecule has 2 heterocycles. The van der Waals surface area contributed by atoms with E-state index in [4.69, 9.17) is 0 Å². The number of aromatic nitrogens is 1. The Morgan fingerprint density at radius 1 is 1.06 bits per heavy atom. The average Bonchev–Trinajstić information content (AvgIpc) is 3.61. The van der Waals surface area contributed by atoms with Gasteiger partial charge in [0.2, 0.25) is 5.91 Å². The molecule has 0 unspecified atom stereocenters. The molecule has 0 spiro atoms. The first-order valence-corrected chi connectivity index (χ1v) is 11.4. The number of carbonyl (C=O) groups excluding carboxylic acids is 2. The van der Waals surface area contributed by atoms with Gasteiger partial charge in [-0.1, -0.05) is 30.3 Å². The minimum Gasteiger partial charge on any atom is -0.395 e. The summed E-state index contributed by atoms with van der Waals surface area (Å²) >= 11 is 0. The number of hydrogen-bond donors (Lipinski definition) is 3. The number of fused-ring (bicyclic) bond motifs is 1. The molecule has 10 heteroatoms. The molecule has 5 rings (SSSR count). The molecule has 190 valence electrons. The number of halogens is 2. The Morgan fingerprint density at radius 3 is 2.58 bits per heavy atom. The number of ether oxygens (including phenoxy) is 2. The first-order chi connectivity index (χ1) is 17.2. The zero-order valence-electron chi connectivity index (χ0n) is 19.7. The smallest absolute Gasteiger partial charge is 0.395 e. The van der Waals surface area contributed by atoms with Crippen molar-refractivity contribution in [3.05, 3.63) is 71.3 Å². The van der Waals surface area contributed by atoms with Crippen molar-refractivity contribution >= 4 is 17.8 Å². The van der Waals surface area contributed by atoms with Gasteiger partial charge in [-0.2, -0.15) is 0 Å². The van der Waals surface area contributed by atoms with Crippen LogP contribution >= 0.6 is 0 Å². The number of pyridine rings is 1. The van der Waals surface area contributed by atoms with Crippen molar-refractivity contribution in [3.63, 3.8) is 0 Å². The van der Waals surface area contributed by atoms with E-state index in [1.165, 1.54) is 12.1 Å². The van der Waals surface area contributed by atoms with E-state index in [0.29, 0.717) is 36.5 Å². The number of rotatable bonds is 6. The van der Waals surface area contributed by atoms with Crippen LogP contribution in [-0.4, -0.2) is 30.3 Å². The lowest BCUT2D eigenvalue weighted by Gasteiger charge is -2.17. The van der Waals surface area contributed by atoms with Crippen LogP contribution < -0.4 is 25.4 Å². The van der Waals surface area contributed by atoms with Gasteiger partial charge in [0.25, 0.3) is 0 Å². The molecule has 3 aromatic rings. The predicted molar refractivity (Wildman–Crippen MR) is 132 cm³/mol. The minimum absolute atomic E-state index is 0. The number of aryl methyl sites for hydroxylation is 1. The van der Waals surface area contributed by atoms with Crippen molar-refractivity contribution in [2.75, 3.05) is 12.4 Å². The van der Waals surface area contributed by atoms with Crippen molar-refractivity contribution in [1.82, 2.24) is 15.6 Å². The molecule has 1 aliphatic heterocycles. The van der Waals surface area contributed by atoms with Crippen molar-refractivity contribution in [3.8, 4) is 22.8 Å². The maximum atomic E-state index is 13.4. The predicted octanol–water partition coefficient (Wildman–Crippen LogP) is 4.97. The van der Waals surface area contributed by atoms with Crippen LogP contribution in [0.15, 0.2) is 54.6 Å². The summed E-state index contributed by atoms with van der Waals surface area (Å²) in [7, 11) is 1.55. The monoisotopic (exact) mass is 498 g/mol. The fourth-order valence-corrected chi connectivity index (χ4v) is 4.24. The number of carbonyl (C=O) groups is 2. The Balaban J connectivity index is 0.00000200. The van der Waals surface area contributed by atoms with Crippen LogP contribution in [0.4, 0.5) is 19.4 Å². The molecule has 0 bridgehead atoms. The summed E-state index contributed by atoms with van der Waals surface area (Å²) in [6.45, 7) is 2.28. The number of amides is 3. The molecular formula is C26H28F2N4O4. The lowest BCUT2D eigenvalue weighted by Crippen LogP contribution is -2.32. The van der Waals surface area contributed by atoms with Gasteiger partial charge in [-0.25, -0.2) is 9.78 Å². The van der Waals surface area contributed by atoms with Gasteiger partial charge in [0, 0.05) is 22.0 Å². The van der Waals surface area contributed by atoms with Gasteiger partial charge in [-0.15, -0.1) is 8.78 Å². The summed E-state index contributed by atoms with van der Waals surface area (Å²) in [6.07, 6.45) is -2.56. The average molecular weight is 499 g/mol. The topological polar surface area (TPSA) is 102 Å². The standard InChI is InChI=1S/C26H24F2N4O4.2H2/c1-15-6-9-21(31-22(15)17-5-3-4-16(12-17)14-30-24(34)29-2)32-23(33)25(10-11-25)18-7-8-19-20(13-18)36-26(27,28)35-19;;/h3-9,12-13H,10-11,14H2,1-2H3,(H2,29,30,34)(H,31,32,33);2*1H. The van der Waals surface area contributed by atoms with Gasteiger partial charge in [0.05, 0.1) is 11.1 Å². The second-order valence-electron chi connectivity index (χ2n) is 8.86. The Morgan fingerprint density at radius 2 is 1.83 bits per heavy atom. The fraction of sp³-hybridized carbons (Fsp3) is 0.269. The van der Waals surface area contributed by atoms with Crippen LogP contribution in [0.3, 0.4) is 0 Å². The number of urea groups is 1. The number of nitrogens with one attached hydrogen (secondary N) is 3. The zero-order valence-corrected chi connectivity index (χ0v) is 19.7. The summed E-state index contributed by atoms with van der Waals surface area (Å²) in [5, 5.41) is 8.16. The highest BCUT2D eigenvalue weighted by Crippen LogP contribution is 2.52. The molecular weight excluding hydrogens is 470 g/mol. The van der Waals surface area contributed by atoms with Crippen molar-refractivity contribution in [1.29, 1.82) is 0 Å². The molecule has 3 N–H and O–H groups in total. The molecule has 1 fully saturated rings. The maximum absolute atomic E-state index is 13.4. The molecule has 0 saturated heterocycles. The van der Waals surface area contributed by atoms with Crippen molar-refractivity contribution in [2.24, 2.45) is 0 Å². The molecule has 2 aliphatic rings. The SMILES string of the molecule is CNC(=O)NCc1cccc(-c2nc(NC(=O)C3(c4ccc5c(c4)OC(F)(F)O5)CC3)ccc2C)c1.[HH].[HH]. The highest BCUT2D eigenvalue weighted by atomic mass is 19.3. The third-order valence-electron chi connectivity index (χ3n) is 6.36. The summed E-state index contributed by atoms with van der Waals surface area (Å²) in [5.41, 5.74) is 3.11. The molecule has 0 radical (unpaired) electrons. The summed E-state index contributed by atoms with van der Waals surface area (Å²) in [6, 6.07) is 15.4. The molecule has 1 saturated carbocycles. The number of benzene rings is 2. The van der Waals surface area contributed by atoms with Gasteiger partial charge < -0.3 is 25.4 Å². The first kappa shape index (κ1) is 23.5. The molecule has 0 atom stereocenters. The van der Waals surface area contributed by atoms with Crippen LogP contribution in [0, 0.1) is 6.92 Å². The van der Waals surface area contributed by atoms with Crippen molar-refractivity contribution < 1.29 is 30.7 Å². The highest BCUT2D eigenvalue weighted by Gasteiger charge is 2.53. The maximum Gasteiger partial charge on any atom is 0.586 e. The summed E-state index contributed by atoms with van der Waals surface area (Å²) in [5.74, 6) is -0.0253. The van der Waals surface area contributed by atoms with E-state index >= 15 is 0 Å². The summed E-state index contributed by atoms with van der Waals surface area (Å²) in [4.78, 5) is 29.4. The normalized spacial score (nSPS) is 16.2. The number of nitrogens with zero attached hydrogens (tertiary/aromatic N) is 1. The Kier molecular flexibility index (Phi) is 5.74. The third-order valence-corrected chi connectivity index (χ3v) is 6.36. The minimum atomic E-state index is -3.71. The van der Waals surface area contributed by atoms with Crippen LogP contribution in [0.25, 0.3) is 11.3 Å². The molecule has 2 aromatic carbocycles. The number of alkyl halides is 2. The van der Waals surface area contributed by atoms with Crippen LogP contribution in [0.5, 0.6) is 11.5 Å². The van der Waals surface area contributed by atoms with E-state index in [-0.39, 0.29) is 26.3 Å². The molecule has 8 nitrogen and oxygen atoms in total. The first-order valence-electron chi connectivity index (χ1n) is 11.4. The molecule has 36 heavy (non-hydrogen) atoms. The van der Waals surface area contributed by atoms with E-state index in [1.807, 2.05) is 37.3 Å². The van der Waals surface area contributed by atoms with E-state index in [1.54, 1.807) is 19.2 Å². The van der Waals surface area contributed by atoms with Gasteiger partial charge in [-0.05, 0) is 60.7 Å². The molecule has 3 amide bonds. The Labute approximate surface area is 209 Å². The van der Waals surface area contributed by atoms with Crippen LogP contribution in [0.1, 0.15) is 32.4 Å². The van der Waals surface area contributed by atoms with E-state index < -0.39 is 11.7 Å². The van der Waals surface area contributed by atoms with Crippen molar-refractivity contribution in [2.45, 2.75) is 38.0 Å². The molecule has 1 aliphatic carbocycles. The molecule has 1 aromatic heterocycles. The Bertz CT molecular complexity index is 1370. The second-order valence-corrected chi connectivity index (χ2v) is 8.86. The van der Waals surface area contributed by atoms with Gasteiger partial charge >= 0.3 is 12.3 Å². The number of hydrogen-bond acceptors (Lipinski definition) is 5. The highest BCUT2D eigenvalue weighted by molar-refractivity contribution is 6.01. The lowest BCUT2D eigenvalue weighted by atomic mass is 9.94. The van der Waals surface area contributed by atoms with Crippen LogP contribution in [-0.2, 0) is 16.8 Å². The van der Waals surface area contributed by atoms with E-state index in [9.17, 15) is 18.4 Å². The van der Waals surface area contributed by atoms with E-state index in [2.05, 4.69) is 30.4 Å². The van der Waals surface area contributed by atoms with Gasteiger partial charge in [0.1, 0.15) is 5.82 Å². The number of anilines is 1. The second kappa shape index (κ2) is 8.78. The van der Waals surface area contributed by atoms with Crippen LogP contribution in [0.2, 0.25) is 0 Å². The lowest BCUT2D eigenvalue weighted by molar-refractivity contribution is -0.286. The largest absolute Gasteiger partial charge is 0.586 e. The Hall–Kier alpha value is -4.21. The zero-order chi connectivity index (χ0) is 25.5. The quantitative estimate of drug-likeness (QED) is 0.446. The van der Waals surface area contributed by atoms with Gasteiger partial charge in [-0.3, -0.25) is 4.79 Å². The van der Waals surface area contributed by atoms with Gasteiger partial charge in [0.15, 0.2) is 11.5 Å². The fourth-order valence-electron chi connectivity index (χ4n) is 4.24. The van der Waals surface area contributed by atoms with E-state index in [0.717, 1.165) is 16.7 Å². The third kappa shape index (κ3) is 4.53.